The van der Waals surface area contributed by atoms with Crippen molar-refractivity contribution in [2.75, 3.05) is 19.1 Å². The van der Waals surface area contributed by atoms with E-state index in [1.165, 1.54) is 6.07 Å². The Morgan fingerprint density at radius 1 is 0.969 bits per heavy atom. The Morgan fingerprint density at radius 2 is 1.50 bits per heavy atom. The van der Waals surface area contributed by atoms with E-state index < -0.39 is 5.97 Å². The summed E-state index contributed by atoms with van der Waals surface area (Å²) in [4.78, 5) is 20.9. The van der Waals surface area contributed by atoms with E-state index in [1.54, 1.807) is 14.2 Å². The molecule has 2 N–H and O–H groups in total. The Labute approximate surface area is 190 Å². The monoisotopic (exact) mass is 451 g/mol. The van der Waals surface area contributed by atoms with E-state index in [4.69, 9.17) is 21.1 Å². The van der Waals surface area contributed by atoms with Gasteiger partial charge in [0.05, 0.1) is 19.7 Å². The molecule has 0 bridgehead atoms. The van der Waals surface area contributed by atoms with Crippen molar-refractivity contribution in [3.63, 3.8) is 0 Å². The van der Waals surface area contributed by atoms with Gasteiger partial charge in [-0.25, -0.2) is 9.78 Å². The van der Waals surface area contributed by atoms with E-state index in [0.717, 1.165) is 22.6 Å². The Kier molecular flexibility index (Phi) is 6.18. The van der Waals surface area contributed by atoms with Gasteiger partial charge in [-0.2, -0.15) is 0 Å². The normalized spacial score (nSPS) is 10.8. The van der Waals surface area contributed by atoms with Crippen molar-refractivity contribution in [3.8, 4) is 11.5 Å². The molecule has 0 atom stereocenters. The van der Waals surface area contributed by atoms with Crippen LogP contribution in [0.3, 0.4) is 0 Å². The molecule has 8 heteroatoms. The van der Waals surface area contributed by atoms with Gasteiger partial charge in [0.2, 0.25) is 0 Å². The van der Waals surface area contributed by atoms with Gasteiger partial charge < -0.3 is 24.5 Å². The average Bonchev–Trinajstić information content (AvgIpc) is 3.25. The highest BCUT2D eigenvalue weighted by atomic mass is 35.5. The van der Waals surface area contributed by atoms with E-state index in [2.05, 4.69) is 14.9 Å². The Morgan fingerprint density at radius 3 is 1.97 bits per heavy atom. The molecule has 0 aliphatic rings. The maximum atomic E-state index is 11.4. The first-order valence-corrected chi connectivity index (χ1v) is 10.3. The number of aromatic carboxylic acids is 1. The maximum Gasteiger partial charge on any atom is 0.352 e. The summed E-state index contributed by atoms with van der Waals surface area (Å²) in [7, 11) is 3.27. The molecule has 164 valence electrons. The van der Waals surface area contributed by atoms with Crippen LogP contribution in [0.15, 0.2) is 60.7 Å². The fourth-order valence-corrected chi connectivity index (χ4v) is 3.72. The Bertz CT molecular complexity index is 1190. The quantitative estimate of drug-likeness (QED) is 0.361. The second-order valence-corrected chi connectivity index (χ2v) is 7.63. The largest absolute Gasteiger partial charge is 0.497 e. The fraction of sp³-hybridized carbons (Fsp3) is 0.167. The molecule has 2 aromatic heterocycles. The smallest absolute Gasteiger partial charge is 0.352 e. The Balaban J connectivity index is 1.71. The molecule has 0 saturated carbocycles. The van der Waals surface area contributed by atoms with Gasteiger partial charge in [0.1, 0.15) is 28.2 Å². The van der Waals surface area contributed by atoms with Crippen molar-refractivity contribution in [1.82, 2.24) is 9.97 Å². The van der Waals surface area contributed by atoms with Gasteiger partial charge in [0.25, 0.3) is 0 Å². The van der Waals surface area contributed by atoms with Gasteiger partial charge in [-0.3, -0.25) is 0 Å². The van der Waals surface area contributed by atoms with Crippen molar-refractivity contribution < 1.29 is 19.4 Å². The van der Waals surface area contributed by atoms with Crippen LogP contribution in [0.2, 0.25) is 5.15 Å². The number of ether oxygens (including phenoxy) is 2. The second-order valence-electron chi connectivity index (χ2n) is 7.27. The molecule has 2 aromatic carbocycles. The van der Waals surface area contributed by atoms with E-state index in [1.807, 2.05) is 54.6 Å². The number of carboxylic acids is 1. The molecule has 2 heterocycles. The number of hydrogen-bond acceptors (Lipinski definition) is 5. The number of carbonyl (C=O) groups is 1. The van der Waals surface area contributed by atoms with Crippen LogP contribution in [0.5, 0.6) is 11.5 Å². The first-order chi connectivity index (χ1) is 15.5. The van der Waals surface area contributed by atoms with Crippen LogP contribution in [0.4, 0.5) is 5.82 Å². The molecule has 0 radical (unpaired) electrons. The van der Waals surface area contributed by atoms with Gasteiger partial charge in [0, 0.05) is 24.5 Å². The van der Waals surface area contributed by atoms with E-state index >= 15 is 0 Å². The highest BCUT2D eigenvalue weighted by molar-refractivity contribution is 6.34. The zero-order valence-corrected chi connectivity index (χ0v) is 18.4. The number of halogens is 1. The minimum Gasteiger partial charge on any atom is -0.497 e. The van der Waals surface area contributed by atoms with Crippen LogP contribution in [0.1, 0.15) is 21.6 Å². The summed E-state index contributed by atoms with van der Waals surface area (Å²) in [5.41, 5.74) is 2.81. The average molecular weight is 452 g/mol. The lowest BCUT2D eigenvalue weighted by Gasteiger charge is -2.25. The third kappa shape index (κ3) is 4.63. The van der Waals surface area contributed by atoms with Crippen molar-refractivity contribution in [1.29, 1.82) is 0 Å². The van der Waals surface area contributed by atoms with Crippen LogP contribution in [-0.2, 0) is 13.1 Å². The summed E-state index contributed by atoms with van der Waals surface area (Å²) in [6, 6.07) is 18.9. The molecule has 7 nitrogen and oxygen atoms in total. The SMILES string of the molecule is COc1ccc(CN(Cc2ccc(OC)cc2)c2cc3[nH]c(C(=O)O)cc3c(Cl)n2)cc1. The molecule has 0 aliphatic heterocycles. The third-order valence-electron chi connectivity index (χ3n) is 5.18. The van der Waals surface area contributed by atoms with Crippen molar-refractivity contribution in [3.05, 3.63) is 82.6 Å². The van der Waals surface area contributed by atoms with Gasteiger partial charge in [-0.1, -0.05) is 35.9 Å². The molecule has 0 amide bonds. The highest BCUT2D eigenvalue weighted by Crippen LogP contribution is 2.29. The number of aromatic amines is 1. The summed E-state index contributed by atoms with van der Waals surface area (Å²) in [5.74, 6) is 1.15. The predicted molar refractivity (Wildman–Crippen MR) is 124 cm³/mol. The molecular weight excluding hydrogens is 430 g/mol. The van der Waals surface area contributed by atoms with Crippen LogP contribution in [0.25, 0.3) is 10.9 Å². The summed E-state index contributed by atoms with van der Waals surface area (Å²) < 4.78 is 10.5. The first kappa shape index (κ1) is 21.5. The minimum atomic E-state index is -1.05. The minimum absolute atomic E-state index is 0.0673. The number of nitrogens with zero attached hydrogens (tertiary/aromatic N) is 2. The Hall–Kier alpha value is -3.71. The highest BCUT2D eigenvalue weighted by Gasteiger charge is 2.16. The number of hydrogen-bond donors (Lipinski definition) is 2. The summed E-state index contributed by atoms with van der Waals surface area (Å²) in [6.07, 6.45) is 0. The maximum absolute atomic E-state index is 11.4. The topological polar surface area (TPSA) is 87.7 Å². The zero-order valence-electron chi connectivity index (χ0n) is 17.6. The molecule has 0 spiro atoms. The molecule has 32 heavy (non-hydrogen) atoms. The van der Waals surface area contributed by atoms with Crippen molar-refractivity contribution in [2.24, 2.45) is 0 Å². The molecule has 4 rings (SSSR count). The van der Waals surface area contributed by atoms with Crippen LogP contribution < -0.4 is 14.4 Å². The number of aromatic nitrogens is 2. The van der Waals surface area contributed by atoms with Crippen molar-refractivity contribution >= 4 is 34.3 Å². The number of benzene rings is 2. The van der Waals surface area contributed by atoms with E-state index in [0.29, 0.717) is 29.8 Å². The lowest BCUT2D eigenvalue weighted by molar-refractivity contribution is 0.0691. The molecule has 0 unspecified atom stereocenters. The van der Waals surface area contributed by atoms with Crippen molar-refractivity contribution in [2.45, 2.75) is 13.1 Å². The molecule has 4 aromatic rings. The lowest BCUT2D eigenvalue weighted by atomic mass is 10.1. The van der Waals surface area contributed by atoms with Gasteiger partial charge in [-0.05, 0) is 41.5 Å². The number of rotatable bonds is 8. The molecule has 0 fully saturated rings. The number of methoxy groups -OCH3 is 2. The third-order valence-corrected chi connectivity index (χ3v) is 5.46. The van der Waals surface area contributed by atoms with E-state index in [-0.39, 0.29) is 10.8 Å². The van der Waals surface area contributed by atoms with Crippen LogP contribution in [-0.4, -0.2) is 35.3 Å². The van der Waals surface area contributed by atoms with Crippen LogP contribution in [0, 0.1) is 0 Å². The molecule has 0 aliphatic carbocycles. The number of anilines is 1. The number of nitrogens with one attached hydrogen (secondary N) is 1. The number of H-pyrrole nitrogens is 1. The zero-order chi connectivity index (χ0) is 22.7. The summed E-state index contributed by atoms with van der Waals surface area (Å²) in [5, 5.41) is 10.1. The van der Waals surface area contributed by atoms with Gasteiger partial charge in [0.15, 0.2) is 0 Å². The standard InChI is InChI=1S/C24H22ClN3O4/c1-31-17-7-3-15(4-8-17)13-28(14-16-5-9-18(32-2)10-6-16)22-12-20-19(23(25)27-22)11-21(26-20)24(29)30/h3-12,26H,13-14H2,1-2H3,(H,29,30). The number of pyridine rings is 1. The fourth-order valence-electron chi connectivity index (χ4n) is 3.48. The van der Waals surface area contributed by atoms with E-state index in [9.17, 15) is 9.90 Å². The number of carboxylic acid groups (broad SMARTS) is 1. The van der Waals surface area contributed by atoms with Gasteiger partial charge in [-0.15, -0.1) is 0 Å². The first-order valence-electron chi connectivity index (χ1n) is 9.90. The summed E-state index contributed by atoms with van der Waals surface area (Å²) in [6.45, 7) is 1.13. The summed E-state index contributed by atoms with van der Waals surface area (Å²) >= 11 is 6.43. The van der Waals surface area contributed by atoms with Crippen LogP contribution >= 0.6 is 11.6 Å². The molecular formula is C24H22ClN3O4. The second kappa shape index (κ2) is 9.20. The molecule has 0 saturated heterocycles. The number of fused-ring (bicyclic) bond motifs is 1. The lowest BCUT2D eigenvalue weighted by Crippen LogP contribution is -2.23. The predicted octanol–water partition coefficient (Wildman–Crippen LogP) is 5.14. The van der Waals surface area contributed by atoms with Gasteiger partial charge >= 0.3 is 5.97 Å².